The van der Waals surface area contributed by atoms with Crippen molar-refractivity contribution in [1.29, 1.82) is 0 Å². The van der Waals surface area contributed by atoms with Gasteiger partial charge in [-0.05, 0) is 29.0 Å². The van der Waals surface area contributed by atoms with E-state index in [0.717, 1.165) is 10.8 Å². The van der Waals surface area contributed by atoms with Crippen LogP contribution in [-0.2, 0) is 0 Å². The lowest BCUT2D eigenvalue weighted by Gasteiger charge is -2.02. The largest absolute Gasteiger partial charge is 0.507 e. The summed E-state index contributed by atoms with van der Waals surface area (Å²) in [4.78, 5) is 12.4. The van der Waals surface area contributed by atoms with Crippen molar-refractivity contribution >= 4 is 28.3 Å². The summed E-state index contributed by atoms with van der Waals surface area (Å²) in [6.45, 7) is 0. The van der Waals surface area contributed by atoms with Gasteiger partial charge in [-0.2, -0.15) is 0 Å². The van der Waals surface area contributed by atoms with Crippen LogP contribution >= 0.6 is 11.8 Å². The first-order valence-corrected chi connectivity index (χ1v) is 8.96. The first-order valence-electron chi connectivity index (χ1n) is 7.97. The van der Waals surface area contributed by atoms with Crippen molar-refractivity contribution in [3.05, 3.63) is 72.3 Å². The molecule has 6 heteroatoms. The number of rotatable bonds is 5. The first kappa shape index (κ1) is 16.4. The fraction of sp³-hybridized carbons (Fsp3) is 0.0500. The molecule has 0 spiro atoms. The number of aromatic nitrogens is 2. The van der Waals surface area contributed by atoms with Gasteiger partial charge in [-0.1, -0.05) is 60.3 Å². The van der Waals surface area contributed by atoms with Crippen LogP contribution < -0.4 is 0 Å². The number of hydrogen-bond acceptors (Lipinski definition) is 6. The fourth-order valence-corrected chi connectivity index (χ4v) is 3.26. The van der Waals surface area contributed by atoms with Gasteiger partial charge in [0.05, 0.1) is 11.3 Å². The highest BCUT2D eigenvalue weighted by molar-refractivity contribution is 7.99. The summed E-state index contributed by atoms with van der Waals surface area (Å²) in [6.07, 6.45) is 0. The highest BCUT2D eigenvalue weighted by atomic mass is 32.2. The number of thioether (sulfide) groups is 1. The Labute approximate surface area is 153 Å². The lowest BCUT2D eigenvalue weighted by Crippen LogP contribution is -2.02. The number of phenols is 1. The Bertz CT molecular complexity index is 1090. The Hall–Kier alpha value is -3.12. The van der Waals surface area contributed by atoms with Crippen LogP contribution in [0, 0.1) is 0 Å². The standard InChI is InChI=1S/C20H14N2O3S/c23-17-8-4-3-7-16(17)19-21-22-20(25-19)26-12-18(24)15-10-9-13-5-1-2-6-14(13)11-15/h1-11,23H,12H2. The Morgan fingerprint density at radius 2 is 1.73 bits per heavy atom. The quantitative estimate of drug-likeness (QED) is 0.414. The molecule has 0 saturated heterocycles. The molecule has 0 atom stereocenters. The molecular formula is C20H14N2O3S. The molecule has 1 N–H and O–H groups in total. The predicted octanol–water partition coefficient (Wildman–Crippen LogP) is 4.57. The molecule has 128 valence electrons. The molecular weight excluding hydrogens is 348 g/mol. The van der Waals surface area contributed by atoms with Gasteiger partial charge in [0.25, 0.3) is 11.1 Å². The number of hydrogen-bond donors (Lipinski definition) is 1. The Morgan fingerprint density at radius 1 is 0.962 bits per heavy atom. The van der Waals surface area contributed by atoms with E-state index in [1.807, 2.05) is 42.5 Å². The Morgan fingerprint density at radius 3 is 2.58 bits per heavy atom. The molecule has 0 amide bonds. The third-order valence-electron chi connectivity index (χ3n) is 3.94. The lowest BCUT2D eigenvalue weighted by atomic mass is 10.1. The van der Waals surface area contributed by atoms with E-state index >= 15 is 0 Å². The van der Waals surface area contributed by atoms with Gasteiger partial charge in [0.2, 0.25) is 0 Å². The van der Waals surface area contributed by atoms with Crippen molar-refractivity contribution in [3.8, 4) is 17.2 Å². The van der Waals surface area contributed by atoms with E-state index in [4.69, 9.17) is 4.42 Å². The number of nitrogens with zero attached hydrogens (tertiary/aromatic N) is 2. The van der Waals surface area contributed by atoms with Gasteiger partial charge in [0, 0.05) is 5.56 Å². The summed E-state index contributed by atoms with van der Waals surface area (Å²) in [5, 5.41) is 20.1. The van der Waals surface area contributed by atoms with E-state index < -0.39 is 0 Å². The molecule has 1 aromatic heterocycles. The van der Waals surface area contributed by atoms with Crippen LogP contribution in [0.4, 0.5) is 0 Å². The van der Waals surface area contributed by atoms with Crippen LogP contribution in [0.25, 0.3) is 22.2 Å². The van der Waals surface area contributed by atoms with E-state index in [9.17, 15) is 9.90 Å². The Kier molecular flexibility index (Phi) is 4.41. The molecule has 4 aromatic rings. The molecule has 0 aliphatic rings. The number of phenolic OH excluding ortho intramolecular Hbond substituents is 1. The third-order valence-corrected chi connectivity index (χ3v) is 4.76. The number of aromatic hydroxyl groups is 1. The molecule has 0 radical (unpaired) electrons. The maximum absolute atomic E-state index is 12.4. The van der Waals surface area contributed by atoms with Crippen LogP contribution in [0.5, 0.6) is 5.75 Å². The minimum Gasteiger partial charge on any atom is -0.507 e. The van der Waals surface area contributed by atoms with Gasteiger partial charge in [0.15, 0.2) is 5.78 Å². The molecule has 3 aromatic carbocycles. The van der Waals surface area contributed by atoms with Crippen molar-refractivity contribution in [3.63, 3.8) is 0 Å². The zero-order chi connectivity index (χ0) is 17.9. The van der Waals surface area contributed by atoms with Gasteiger partial charge in [-0.3, -0.25) is 4.79 Å². The lowest BCUT2D eigenvalue weighted by molar-refractivity contribution is 0.102. The zero-order valence-electron chi connectivity index (χ0n) is 13.6. The molecule has 26 heavy (non-hydrogen) atoms. The van der Waals surface area contributed by atoms with Gasteiger partial charge in [0.1, 0.15) is 5.75 Å². The summed E-state index contributed by atoms with van der Waals surface area (Å²) in [5.41, 5.74) is 1.12. The Balaban J connectivity index is 1.47. The van der Waals surface area contributed by atoms with Crippen molar-refractivity contribution in [2.75, 3.05) is 5.75 Å². The van der Waals surface area contributed by atoms with Gasteiger partial charge < -0.3 is 9.52 Å². The van der Waals surface area contributed by atoms with Crippen molar-refractivity contribution < 1.29 is 14.3 Å². The van der Waals surface area contributed by atoms with E-state index in [-0.39, 0.29) is 28.4 Å². The number of fused-ring (bicyclic) bond motifs is 1. The first-order chi connectivity index (χ1) is 12.7. The second-order valence-corrected chi connectivity index (χ2v) is 6.59. The highest BCUT2D eigenvalue weighted by Crippen LogP contribution is 2.29. The van der Waals surface area contributed by atoms with E-state index in [1.165, 1.54) is 11.8 Å². The zero-order valence-corrected chi connectivity index (χ0v) is 14.4. The average Bonchev–Trinajstić information content (AvgIpc) is 3.15. The monoisotopic (exact) mass is 362 g/mol. The number of para-hydroxylation sites is 1. The fourth-order valence-electron chi connectivity index (χ4n) is 2.60. The number of benzene rings is 3. The highest BCUT2D eigenvalue weighted by Gasteiger charge is 2.14. The van der Waals surface area contributed by atoms with Crippen LogP contribution in [0.2, 0.25) is 0 Å². The molecule has 0 unspecified atom stereocenters. The van der Waals surface area contributed by atoms with Crippen LogP contribution in [-0.4, -0.2) is 26.8 Å². The molecule has 5 nitrogen and oxygen atoms in total. The normalized spacial score (nSPS) is 10.9. The maximum atomic E-state index is 12.4. The minimum atomic E-state index is -0.0111. The predicted molar refractivity (Wildman–Crippen MR) is 100 cm³/mol. The SMILES string of the molecule is O=C(CSc1nnc(-c2ccccc2O)o1)c1ccc2ccccc2c1. The minimum absolute atomic E-state index is 0.0111. The second-order valence-electron chi connectivity index (χ2n) is 5.66. The molecule has 0 fully saturated rings. The second kappa shape index (κ2) is 7.01. The van der Waals surface area contributed by atoms with Crippen LogP contribution in [0.1, 0.15) is 10.4 Å². The van der Waals surface area contributed by atoms with E-state index in [1.54, 1.807) is 24.3 Å². The van der Waals surface area contributed by atoms with Gasteiger partial charge in [-0.15, -0.1) is 10.2 Å². The summed E-state index contributed by atoms with van der Waals surface area (Å²) >= 11 is 1.18. The number of carbonyl (C=O) groups excluding carboxylic acids is 1. The van der Waals surface area contributed by atoms with E-state index in [2.05, 4.69) is 10.2 Å². The van der Waals surface area contributed by atoms with Gasteiger partial charge in [-0.25, -0.2) is 0 Å². The summed E-state index contributed by atoms with van der Waals surface area (Å²) in [5.74, 6) is 0.479. The van der Waals surface area contributed by atoms with Crippen LogP contribution in [0.15, 0.2) is 76.4 Å². The summed E-state index contributed by atoms with van der Waals surface area (Å²) in [7, 11) is 0. The smallest absolute Gasteiger partial charge is 0.277 e. The molecule has 0 saturated carbocycles. The number of ketones is 1. The molecule has 1 heterocycles. The number of carbonyl (C=O) groups is 1. The van der Waals surface area contributed by atoms with E-state index in [0.29, 0.717) is 11.1 Å². The van der Waals surface area contributed by atoms with Crippen molar-refractivity contribution in [2.45, 2.75) is 5.22 Å². The molecule has 0 aliphatic carbocycles. The molecule has 4 rings (SSSR count). The average molecular weight is 362 g/mol. The molecule has 0 aliphatic heterocycles. The number of Topliss-reactive ketones (excluding diaryl/α,β-unsaturated/α-hetero) is 1. The molecule has 0 bridgehead atoms. The van der Waals surface area contributed by atoms with Crippen LogP contribution in [0.3, 0.4) is 0 Å². The third kappa shape index (κ3) is 3.32. The van der Waals surface area contributed by atoms with Crippen molar-refractivity contribution in [1.82, 2.24) is 10.2 Å². The topological polar surface area (TPSA) is 76.2 Å². The summed E-state index contributed by atoms with van der Waals surface area (Å²) in [6, 6.07) is 20.3. The van der Waals surface area contributed by atoms with Gasteiger partial charge >= 0.3 is 0 Å². The van der Waals surface area contributed by atoms with Crippen molar-refractivity contribution in [2.24, 2.45) is 0 Å². The maximum Gasteiger partial charge on any atom is 0.277 e. The summed E-state index contributed by atoms with van der Waals surface area (Å²) < 4.78 is 5.54.